The predicted octanol–water partition coefficient (Wildman–Crippen LogP) is 6.09. The number of ether oxygens (including phenoxy) is 3. The monoisotopic (exact) mass is 615 g/mol. The molecule has 0 aliphatic carbocycles. The fourth-order valence-corrected chi connectivity index (χ4v) is 7.13. The lowest BCUT2D eigenvalue weighted by Crippen LogP contribution is -2.47. The van der Waals surface area contributed by atoms with Gasteiger partial charge in [-0.15, -0.1) is 0 Å². The number of carbonyl (C=O) groups is 1. The van der Waals surface area contributed by atoms with Crippen molar-refractivity contribution >= 4 is 11.8 Å². The molecule has 0 amide bonds. The van der Waals surface area contributed by atoms with Crippen LogP contribution in [-0.2, 0) is 33.7 Å². The summed E-state index contributed by atoms with van der Waals surface area (Å²) in [6.45, 7) is 11.2. The second-order valence-electron chi connectivity index (χ2n) is 12.5. The number of nitrogens with zero attached hydrogens (tertiary/aromatic N) is 3. The number of para-hydroxylation sites is 1. The molecule has 2 aliphatic heterocycles. The maximum Gasteiger partial charge on any atom is 0.309 e. The van der Waals surface area contributed by atoms with E-state index in [1.54, 1.807) is 14.2 Å². The van der Waals surface area contributed by atoms with Crippen LogP contribution in [0.5, 0.6) is 5.75 Å². The normalized spacial score (nSPS) is 19.5. The van der Waals surface area contributed by atoms with Crippen molar-refractivity contribution in [1.29, 1.82) is 0 Å². The highest BCUT2D eigenvalue weighted by molar-refractivity contribution is 5.72. The number of rotatable bonds is 12. The second kappa shape index (κ2) is 15.2. The van der Waals surface area contributed by atoms with Gasteiger partial charge < -0.3 is 24.2 Å². The minimum Gasteiger partial charge on any atom is -0.488 e. The number of aryl methyl sites for hydroxylation is 2. The molecule has 1 saturated heterocycles. The Morgan fingerprint density at radius 2 is 1.84 bits per heavy atom. The number of hydrogen-bond donors (Lipinski definition) is 1. The molecule has 3 aromatic rings. The first-order valence-corrected chi connectivity index (χ1v) is 16.4. The van der Waals surface area contributed by atoms with Gasteiger partial charge in [0.1, 0.15) is 18.2 Å². The van der Waals surface area contributed by atoms with Crippen molar-refractivity contribution in [3.63, 3.8) is 0 Å². The van der Waals surface area contributed by atoms with E-state index in [2.05, 4.69) is 54.8 Å². The third-order valence-electron chi connectivity index (χ3n) is 9.69. The lowest BCUT2D eigenvalue weighted by Gasteiger charge is -2.36. The molecule has 5 rings (SSSR count). The molecular formula is C37H49N3O5. The topological polar surface area (TPSA) is 84.4 Å². The highest BCUT2D eigenvalue weighted by Gasteiger charge is 2.35. The van der Waals surface area contributed by atoms with Gasteiger partial charge in [0.15, 0.2) is 0 Å². The molecule has 0 bridgehead atoms. The predicted molar refractivity (Wildman–Crippen MR) is 178 cm³/mol. The summed E-state index contributed by atoms with van der Waals surface area (Å²) in [5.74, 6) is 0.341. The van der Waals surface area contributed by atoms with Crippen LogP contribution in [-0.4, -0.2) is 80.1 Å². The molecule has 2 aromatic carbocycles. The van der Waals surface area contributed by atoms with Crippen LogP contribution in [0.2, 0.25) is 0 Å². The van der Waals surface area contributed by atoms with Crippen LogP contribution < -0.4 is 9.64 Å². The van der Waals surface area contributed by atoms with Gasteiger partial charge in [-0.2, -0.15) is 0 Å². The fraction of sp³-hybridized carbons (Fsp3) is 0.514. The molecule has 1 N–H and O–H groups in total. The van der Waals surface area contributed by atoms with E-state index in [1.807, 2.05) is 24.3 Å². The highest BCUT2D eigenvalue weighted by atomic mass is 16.5. The molecule has 8 heteroatoms. The van der Waals surface area contributed by atoms with Crippen molar-refractivity contribution in [2.24, 2.45) is 5.92 Å². The van der Waals surface area contributed by atoms with Crippen molar-refractivity contribution in [3.05, 3.63) is 76.3 Å². The number of anilines is 1. The van der Waals surface area contributed by atoms with Crippen molar-refractivity contribution in [2.75, 3.05) is 51.9 Å². The van der Waals surface area contributed by atoms with Crippen LogP contribution in [0.15, 0.2) is 48.5 Å². The molecule has 1 unspecified atom stereocenters. The quantitative estimate of drug-likeness (QED) is 0.262. The maximum absolute atomic E-state index is 11.7. The Balaban J connectivity index is 1.32. The molecule has 1 fully saturated rings. The average molecular weight is 616 g/mol. The summed E-state index contributed by atoms with van der Waals surface area (Å²) < 4.78 is 17.5. The van der Waals surface area contributed by atoms with Crippen molar-refractivity contribution in [3.8, 4) is 17.0 Å². The minimum absolute atomic E-state index is 0.379. The summed E-state index contributed by atoms with van der Waals surface area (Å²) in [6, 6.07) is 17.4. The van der Waals surface area contributed by atoms with Gasteiger partial charge in [-0.1, -0.05) is 37.3 Å². The Labute approximate surface area is 268 Å². The summed E-state index contributed by atoms with van der Waals surface area (Å²) in [7, 11) is 3.37. The Bertz CT molecular complexity index is 1460. The fourth-order valence-electron chi connectivity index (χ4n) is 7.13. The average Bonchev–Trinajstić information content (AvgIpc) is 3.27. The molecule has 1 aromatic heterocycles. The van der Waals surface area contributed by atoms with E-state index in [4.69, 9.17) is 19.2 Å². The zero-order chi connectivity index (χ0) is 31.9. The first-order chi connectivity index (χ1) is 21.8. The van der Waals surface area contributed by atoms with E-state index >= 15 is 0 Å². The number of carboxylic acid groups (broad SMARTS) is 1. The van der Waals surface area contributed by atoms with Gasteiger partial charge in [0, 0.05) is 58.6 Å². The van der Waals surface area contributed by atoms with E-state index in [1.165, 1.54) is 22.3 Å². The van der Waals surface area contributed by atoms with Crippen molar-refractivity contribution in [2.45, 2.75) is 71.6 Å². The number of pyridine rings is 1. The number of fused-ring (bicyclic) bond motifs is 1. The smallest absolute Gasteiger partial charge is 0.309 e. The molecule has 242 valence electrons. The van der Waals surface area contributed by atoms with Gasteiger partial charge >= 0.3 is 5.97 Å². The highest BCUT2D eigenvalue weighted by Crippen LogP contribution is 2.35. The van der Waals surface area contributed by atoms with E-state index in [0.29, 0.717) is 32.2 Å². The van der Waals surface area contributed by atoms with Crippen LogP contribution in [0.3, 0.4) is 0 Å². The van der Waals surface area contributed by atoms with Gasteiger partial charge in [0.25, 0.3) is 0 Å². The van der Waals surface area contributed by atoms with E-state index in [9.17, 15) is 9.90 Å². The van der Waals surface area contributed by atoms with Crippen LogP contribution in [0.4, 0.5) is 5.82 Å². The first kappa shape index (κ1) is 32.9. The third kappa shape index (κ3) is 7.68. The SMILES string of the molecule is CCC(CCOC)N1CCc2cc(COc3c(C)cccc3-c3cccc(N4CC[C@H](C(=O)O)[C@H](OC)C4)n3)cc(C)c2CC1. The Morgan fingerprint density at radius 3 is 2.60 bits per heavy atom. The molecule has 0 spiro atoms. The van der Waals surface area contributed by atoms with Crippen molar-refractivity contribution < 1.29 is 24.1 Å². The Morgan fingerprint density at radius 1 is 1.04 bits per heavy atom. The number of benzene rings is 2. The summed E-state index contributed by atoms with van der Waals surface area (Å²) in [6.07, 6.45) is 4.49. The Kier molecular flexibility index (Phi) is 11.1. The number of aromatic nitrogens is 1. The standard InChI is InChI=1S/C37H49N3O5/c1-6-29(16-20-43-4)39-17-13-28-22-27(21-26(3)30(28)14-18-39)24-45-36-25(2)9-7-10-31(36)33-11-8-12-35(38-33)40-19-15-32(37(41)42)34(23-40)44-5/h7-12,21-22,29,32,34H,6,13-20,23-24H2,1-5H3,(H,41,42)/t29?,32-,34+/m0/s1. The van der Waals surface area contributed by atoms with Crippen LogP contribution in [0.1, 0.15) is 54.0 Å². The molecule has 3 heterocycles. The molecule has 0 saturated carbocycles. The molecule has 2 aliphatic rings. The largest absolute Gasteiger partial charge is 0.488 e. The minimum atomic E-state index is -0.806. The summed E-state index contributed by atoms with van der Waals surface area (Å²) in [5, 5.41) is 9.60. The van der Waals surface area contributed by atoms with Gasteiger partial charge in [0.05, 0.1) is 17.7 Å². The summed E-state index contributed by atoms with van der Waals surface area (Å²) >= 11 is 0. The molecule has 0 radical (unpaired) electrons. The third-order valence-corrected chi connectivity index (χ3v) is 9.69. The number of methoxy groups -OCH3 is 2. The van der Waals surface area contributed by atoms with Crippen LogP contribution in [0, 0.1) is 19.8 Å². The van der Waals surface area contributed by atoms with E-state index < -0.39 is 11.9 Å². The molecule has 8 nitrogen and oxygen atoms in total. The zero-order valence-corrected chi connectivity index (χ0v) is 27.6. The van der Waals surface area contributed by atoms with Crippen molar-refractivity contribution in [1.82, 2.24) is 9.88 Å². The summed E-state index contributed by atoms with van der Waals surface area (Å²) in [4.78, 5) is 21.5. The lowest BCUT2D eigenvalue weighted by molar-refractivity contribution is -0.147. The Hall–Kier alpha value is -3.46. The molecule has 3 atom stereocenters. The van der Waals surface area contributed by atoms with E-state index in [-0.39, 0.29) is 6.10 Å². The van der Waals surface area contributed by atoms with Gasteiger partial charge in [-0.05, 0) is 92.0 Å². The van der Waals surface area contributed by atoms with Gasteiger partial charge in [-0.3, -0.25) is 9.69 Å². The molecular weight excluding hydrogens is 566 g/mol. The first-order valence-electron chi connectivity index (χ1n) is 16.4. The summed E-state index contributed by atoms with van der Waals surface area (Å²) in [5.41, 5.74) is 8.31. The number of hydrogen-bond acceptors (Lipinski definition) is 7. The van der Waals surface area contributed by atoms with Crippen LogP contribution >= 0.6 is 0 Å². The second-order valence-corrected chi connectivity index (χ2v) is 12.5. The maximum atomic E-state index is 11.7. The number of aliphatic carboxylic acids is 1. The number of carboxylic acids is 1. The molecule has 45 heavy (non-hydrogen) atoms. The number of piperidine rings is 1. The van der Waals surface area contributed by atoms with Gasteiger partial charge in [0.2, 0.25) is 0 Å². The zero-order valence-electron chi connectivity index (χ0n) is 27.6. The van der Waals surface area contributed by atoms with Gasteiger partial charge in [-0.25, -0.2) is 4.98 Å². The van der Waals surface area contributed by atoms with E-state index in [0.717, 1.165) is 73.8 Å². The van der Waals surface area contributed by atoms with Crippen LogP contribution in [0.25, 0.3) is 11.3 Å². The lowest BCUT2D eigenvalue weighted by atomic mass is 9.94.